The Morgan fingerprint density at radius 1 is 1.38 bits per heavy atom. The number of ether oxygens (including phenoxy) is 1. The van der Waals surface area contributed by atoms with Gasteiger partial charge in [0.2, 0.25) is 0 Å². The van der Waals surface area contributed by atoms with E-state index < -0.39 is 0 Å². The van der Waals surface area contributed by atoms with Crippen LogP contribution < -0.4 is 5.32 Å². The average molecular weight is 331 g/mol. The lowest BCUT2D eigenvalue weighted by molar-refractivity contribution is -0.147. The standard InChI is InChI=1S/C19H29N3O2/c1-15(2)24-18(23)9-11-21-19(20-3)22-12-10-17(14-22)13-16-7-5-4-6-8-16/h4-8,15,17H,9-14H2,1-3H3,(H,20,21). The number of nitrogens with zero attached hydrogens (tertiary/aromatic N) is 2. The van der Waals surface area contributed by atoms with Gasteiger partial charge in [0, 0.05) is 26.7 Å². The lowest BCUT2D eigenvalue weighted by Crippen LogP contribution is -2.41. The quantitative estimate of drug-likeness (QED) is 0.494. The molecule has 1 heterocycles. The smallest absolute Gasteiger partial charge is 0.307 e. The highest BCUT2D eigenvalue weighted by atomic mass is 16.5. The van der Waals surface area contributed by atoms with Crippen molar-refractivity contribution < 1.29 is 9.53 Å². The SMILES string of the molecule is CN=C(NCCC(=O)OC(C)C)N1CCC(Cc2ccccc2)C1. The van der Waals surface area contributed by atoms with Crippen LogP contribution in [-0.4, -0.2) is 49.6 Å². The molecule has 1 aromatic rings. The Hall–Kier alpha value is -2.04. The number of aliphatic imine (C=N–C) groups is 1. The summed E-state index contributed by atoms with van der Waals surface area (Å²) < 4.78 is 5.14. The molecule has 0 saturated carbocycles. The lowest BCUT2D eigenvalue weighted by Gasteiger charge is -2.21. The summed E-state index contributed by atoms with van der Waals surface area (Å²) in [6.45, 7) is 6.29. The molecule has 0 spiro atoms. The number of carbonyl (C=O) groups excluding carboxylic acids is 1. The monoisotopic (exact) mass is 331 g/mol. The Balaban J connectivity index is 1.75. The van der Waals surface area contributed by atoms with E-state index in [0.29, 0.717) is 18.9 Å². The molecule has 1 aromatic carbocycles. The molecule has 24 heavy (non-hydrogen) atoms. The van der Waals surface area contributed by atoms with E-state index in [2.05, 4.69) is 45.5 Å². The lowest BCUT2D eigenvalue weighted by atomic mass is 9.99. The summed E-state index contributed by atoms with van der Waals surface area (Å²) in [7, 11) is 1.79. The van der Waals surface area contributed by atoms with E-state index in [1.54, 1.807) is 7.05 Å². The average Bonchev–Trinajstić information content (AvgIpc) is 3.00. The third kappa shape index (κ3) is 5.87. The third-order valence-electron chi connectivity index (χ3n) is 4.14. The van der Waals surface area contributed by atoms with Gasteiger partial charge in [-0.1, -0.05) is 30.3 Å². The third-order valence-corrected chi connectivity index (χ3v) is 4.14. The first-order chi connectivity index (χ1) is 11.6. The van der Waals surface area contributed by atoms with Crippen molar-refractivity contribution in [2.45, 2.75) is 39.2 Å². The summed E-state index contributed by atoms with van der Waals surface area (Å²) in [5, 5.41) is 3.28. The van der Waals surface area contributed by atoms with E-state index in [9.17, 15) is 4.79 Å². The highest BCUT2D eigenvalue weighted by Gasteiger charge is 2.24. The summed E-state index contributed by atoms with van der Waals surface area (Å²) in [4.78, 5) is 18.2. The predicted molar refractivity (Wildman–Crippen MR) is 97.0 cm³/mol. The molecule has 0 aliphatic carbocycles. The van der Waals surface area contributed by atoms with Crippen LogP contribution in [0.2, 0.25) is 0 Å². The first-order valence-corrected chi connectivity index (χ1v) is 8.77. The molecule has 1 unspecified atom stereocenters. The van der Waals surface area contributed by atoms with Crippen molar-refractivity contribution in [1.29, 1.82) is 0 Å². The number of likely N-dealkylation sites (tertiary alicyclic amines) is 1. The van der Waals surface area contributed by atoms with Crippen LogP contribution in [0.3, 0.4) is 0 Å². The molecule has 5 heteroatoms. The van der Waals surface area contributed by atoms with Crippen molar-refractivity contribution >= 4 is 11.9 Å². The van der Waals surface area contributed by atoms with Gasteiger partial charge in [-0.25, -0.2) is 0 Å². The minimum Gasteiger partial charge on any atom is -0.463 e. The number of hydrogen-bond acceptors (Lipinski definition) is 3. The predicted octanol–water partition coefficient (Wildman–Crippen LogP) is 2.47. The number of benzene rings is 1. The molecule has 132 valence electrons. The highest BCUT2D eigenvalue weighted by molar-refractivity contribution is 5.80. The maximum atomic E-state index is 11.6. The van der Waals surface area contributed by atoms with Crippen LogP contribution in [0.25, 0.3) is 0 Å². The Bertz CT molecular complexity index is 543. The summed E-state index contributed by atoms with van der Waals surface area (Å²) in [5.41, 5.74) is 1.39. The second-order valence-electron chi connectivity index (χ2n) is 6.55. The zero-order valence-corrected chi connectivity index (χ0v) is 15.0. The van der Waals surface area contributed by atoms with E-state index in [4.69, 9.17) is 4.74 Å². The normalized spacial score (nSPS) is 18.1. The van der Waals surface area contributed by atoms with Gasteiger partial charge in [0.15, 0.2) is 5.96 Å². The van der Waals surface area contributed by atoms with Crippen LogP contribution in [0.1, 0.15) is 32.3 Å². The number of carbonyl (C=O) groups is 1. The molecular formula is C19H29N3O2. The maximum absolute atomic E-state index is 11.6. The topological polar surface area (TPSA) is 53.9 Å². The number of guanidine groups is 1. The Kier molecular flexibility index (Phi) is 7.09. The molecule has 1 fully saturated rings. The highest BCUT2D eigenvalue weighted by Crippen LogP contribution is 2.20. The van der Waals surface area contributed by atoms with E-state index >= 15 is 0 Å². The van der Waals surface area contributed by atoms with E-state index in [1.165, 1.54) is 12.0 Å². The van der Waals surface area contributed by atoms with E-state index in [-0.39, 0.29) is 12.1 Å². The molecule has 1 saturated heterocycles. The van der Waals surface area contributed by atoms with Crippen LogP contribution >= 0.6 is 0 Å². The Morgan fingerprint density at radius 2 is 2.12 bits per heavy atom. The molecule has 0 radical (unpaired) electrons. The molecule has 1 atom stereocenters. The number of esters is 1. The second-order valence-corrected chi connectivity index (χ2v) is 6.55. The molecule has 1 N–H and O–H groups in total. The molecule has 0 amide bonds. The molecule has 0 bridgehead atoms. The van der Waals surface area contributed by atoms with Gasteiger partial charge in [0.05, 0.1) is 12.5 Å². The fourth-order valence-corrected chi connectivity index (χ4v) is 3.07. The van der Waals surface area contributed by atoms with Gasteiger partial charge in [0.25, 0.3) is 0 Å². The van der Waals surface area contributed by atoms with Crippen LogP contribution in [0.15, 0.2) is 35.3 Å². The molecule has 1 aliphatic rings. The number of nitrogens with one attached hydrogen (secondary N) is 1. The molecular weight excluding hydrogens is 302 g/mol. The van der Waals surface area contributed by atoms with Crippen molar-refractivity contribution in [1.82, 2.24) is 10.2 Å². The van der Waals surface area contributed by atoms with Crippen LogP contribution in [0, 0.1) is 5.92 Å². The van der Waals surface area contributed by atoms with Crippen LogP contribution in [0.5, 0.6) is 0 Å². The zero-order chi connectivity index (χ0) is 17.4. The fraction of sp³-hybridized carbons (Fsp3) is 0.579. The van der Waals surface area contributed by atoms with E-state index in [0.717, 1.165) is 25.5 Å². The largest absolute Gasteiger partial charge is 0.463 e. The van der Waals surface area contributed by atoms with Gasteiger partial charge in [-0.15, -0.1) is 0 Å². The number of hydrogen-bond donors (Lipinski definition) is 1. The van der Waals surface area contributed by atoms with Gasteiger partial charge in [-0.05, 0) is 38.2 Å². The van der Waals surface area contributed by atoms with Gasteiger partial charge in [-0.3, -0.25) is 9.79 Å². The summed E-state index contributed by atoms with van der Waals surface area (Å²) in [6.07, 6.45) is 2.58. The van der Waals surface area contributed by atoms with Gasteiger partial charge in [-0.2, -0.15) is 0 Å². The maximum Gasteiger partial charge on any atom is 0.307 e. The first kappa shape index (κ1) is 18.3. The first-order valence-electron chi connectivity index (χ1n) is 8.77. The van der Waals surface area contributed by atoms with Crippen molar-refractivity contribution in [3.8, 4) is 0 Å². The molecule has 0 aromatic heterocycles. The van der Waals surface area contributed by atoms with Crippen molar-refractivity contribution in [3.05, 3.63) is 35.9 Å². The summed E-state index contributed by atoms with van der Waals surface area (Å²) in [6, 6.07) is 10.6. The minimum absolute atomic E-state index is 0.0610. The Labute approximate surface area is 145 Å². The zero-order valence-electron chi connectivity index (χ0n) is 15.0. The van der Waals surface area contributed by atoms with E-state index in [1.807, 2.05) is 13.8 Å². The Morgan fingerprint density at radius 3 is 2.79 bits per heavy atom. The summed E-state index contributed by atoms with van der Waals surface area (Å²) in [5.74, 6) is 1.36. The second kappa shape index (κ2) is 9.30. The fourth-order valence-electron chi connectivity index (χ4n) is 3.07. The van der Waals surface area contributed by atoms with Crippen molar-refractivity contribution in [2.24, 2.45) is 10.9 Å². The molecule has 5 nitrogen and oxygen atoms in total. The summed E-state index contributed by atoms with van der Waals surface area (Å²) >= 11 is 0. The van der Waals surface area contributed by atoms with Crippen molar-refractivity contribution in [2.75, 3.05) is 26.7 Å². The van der Waals surface area contributed by atoms with Gasteiger partial charge >= 0.3 is 5.97 Å². The molecule has 2 rings (SSSR count). The van der Waals surface area contributed by atoms with Gasteiger partial charge < -0.3 is 15.0 Å². The van der Waals surface area contributed by atoms with Crippen molar-refractivity contribution in [3.63, 3.8) is 0 Å². The minimum atomic E-state index is -0.170. The number of rotatable bonds is 6. The molecule has 1 aliphatic heterocycles. The van der Waals surface area contributed by atoms with Crippen LogP contribution in [-0.2, 0) is 16.0 Å². The van der Waals surface area contributed by atoms with Gasteiger partial charge in [0.1, 0.15) is 0 Å². The van der Waals surface area contributed by atoms with Crippen LogP contribution in [0.4, 0.5) is 0 Å².